The number of amides is 2. The van der Waals surface area contributed by atoms with Gasteiger partial charge >= 0.3 is 0 Å². The molecule has 0 aliphatic carbocycles. The van der Waals surface area contributed by atoms with Crippen LogP contribution in [0.4, 0.5) is 5.13 Å². The molecule has 0 aliphatic rings. The van der Waals surface area contributed by atoms with Gasteiger partial charge in [-0.3, -0.25) is 14.9 Å². The Morgan fingerprint density at radius 1 is 0.935 bits per heavy atom. The number of hydrogen-bond donors (Lipinski definition) is 1. The van der Waals surface area contributed by atoms with Crippen LogP contribution in [0.25, 0.3) is 22.2 Å². The number of rotatable bonds is 4. The van der Waals surface area contributed by atoms with E-state index in [1.807, 2.05) is 61.5 Å². The lowest BCUT2D eigenvalue weighted by molar-refractivity contribution is 0.0831. The molecule has 4 rings (SSSR count). The number of nitrogens with one attached hydrogen (secondary N) is 1. The number of fused-ring (bicyclic) bond motifs is 1. The van der Waals surface area contributed by atoms with Crippen molar-refractivity contribution in [1.29, 1.82) is 0 Å². The summed E-state index contributed by atoms with van der Waals surface area (Å²) in [6.07, 6.45) is 0. The molecule has 31 heavy (non-hydrogen) atoms. The van der Waals surface area contributed by atoms with Crippen LogP contribution in [0.5, 0.6) is 0 Å². The molecule has 0 radical (unpaired) electrons. The molecular formula is C24H22N4O2S. The fourth-order valence-corrected chi connectivity index (χ4v) is 4.47. The van der Waals surface area contributed by atoms with Crippen LogP contribution < -0.4 is 5.32 Å². The van der Waals surface area contributed by atoms with Gasteiger partial charge in [0.15, 0.2) is 5.13 Å². The Labute approximate surface area is 184 Å². The van der Waals surface area contributed by atoms with E-state index in [1.54, 1.807) is 21.0 Å². The van der Waals surface area contributed by atoms with Gasteiger partial charge in [-0.25, -0.2) is 9.97 Å². The fraction of sp³-hybridized carbons (Fsp3) is 0.167. The summed E-state index contributed by atoms with van der Waals surface area (Å²) in [5.41, 5.74) is 4.40. The Morgan fingerprint density at radius 3 is 2.32 bits per heavy atom. The minimum atomic E-state index is -0.272. The monoisotopic (exact) mass is 430 g/mol. The molecule has 0 fully saturated rings. The summed E-state index contributed by atoms with van der Waals surface area (Å²) in [5, 5.41) is 4.07. The first-order valence-electron chi connectivity index (χ1n) is 9.82. The van der Waals surface area contributed by atoms with E-state index in [9.17, 15) is 9.59 Å². The van der Waals surface area contributed by atoms with Gasteiger partial charge in [0.2, 0.25) is 0 Å². The van der Waals surface area contributed by atoms with Crippen molar-refractivity contribution in [3.05, 3.63) is 76.3 Å². The van der Waals surface area contributed by atoms with Gasteiger partial charge in [-0.15, -0.1) is 0 Å². The highest BCUT2D eigenvalue weighted by atomic mass is 32.1. The van der Waals surface area contributed by atoms with Gasteiger partial charge in [-0.2, -0.15) is 0 Å². The van der Waals surface area contributed by atoms with Gasteiger partial charge in [0, 0.05) is 25.0 Å². The van der Waals surface area contributed by atoms with Crippen LogP contribution in [0.2, 0.25) is 0 Å². The van der Waals surface area contributed by atoms with Crippen molar-refractivity contribution in [3.8, 4) is 11.3 Å². The molecule has 0 atom stereocenters. The van der Waals surface area contributed by atoms with Crippen molar-refractivity contribution in [2.45, 2.75) is 13.8 Å². The Hall–Kier alpha value is -3.58. The number of hydrogen-bond acceptors (Lipinski definition) is 5. The summed E-state index contributed by atoms with van der Waals surface area (Å²) in [5.74, 6) is -0.404. The lowest BCUT2D eigenvalue weighted by atomic mass is 9.97. The molecule has 0 saturated heterocycles. The van der Waals surface area contributed by atoms with E-state index in [4.69, 9.17) is 4.98 Å². The zero-order chi connectivity index (χ0) is 22.1. The maximum Gasteiger partial charge on any atom is 0.265 e. The van der Waals surface area contributed by atoms with Gasteiger partial charge in [0.1, 0.15) is 4.88 Å². The molecule has 1 N–H and O–H groups in total. The first-order chi connectivity index (χ1) is 14.9. The number of carbonyl (C=O) groups excluding carboxylic acids is 2. The molecular weight excluding hydrogens is 408 g/mol. The quantitative estimate of drug-likeness (QED) is 0.498. The number of anilines is 1. The molecule has 0 unspecified atom stereocenters. The van der Waals surface area contributed by atoms with Gasteiger partial charge in [0.25, 0.3) is 11.8 Å². The van der Waals surface area contributed by atoms with E-state index in [2.05, 4.69) is 10.3 Å². The molecule has 2 amide bonds. The first kappa shape index (κ1) is 20.7. The molecule has 2 aromatic carbocycles. The Kier molecular flexibility index (Phi) is 5.52. The smallest absolute Gasteiger partial charge is 0.265 e. The van der Waals surface area contributed by atoms with Gasteiger partial charge in [0.05, 0.1) is 22.5 Å². The topological polar surface area (TPSA) is 75.2 Å². The highest BCUT2D eigenvalue weighted by Crippen LogP contribution is 2.31. The largest absolute Gasteiger partial charge is 0.344 e. The van der Waals surface area contributed by atoms with E-state index >= 15 is 0 Å². The van der Waals surface area contributed by atoms with E-state index in [0.29, 0.717) is 21.3 Å². The summed E-state index contributed by atoms with van der Waals surface area (Å²) in [6.45, 7) is 3.67. The third-order valence-corrected chi connectivity index (χ3v) is 6.09. The van der Waals surface area contributed by atoms with Crippen LogP contribution in [0.3, 0.4) is 0 Å². The number of benzene rings is 2. The number of aromatic nitrogens is 2. The molecule has 4 aromatic rings. The SMILES string of the molecule is Cc1nc(NC(=O)c2c(C)c(-c3ccccc3)nc3ccccc23)sc1C(=O)N(C)C. The lowest BCUT2D eigenvalue weighted by Gasteiger charge is -2.14. The molecule has 0 spiro atoms. The number of thiazole rings is 1. The Balaban J connectivity index is 1.79. The maximum absolute atomic E-state index is 13.4. The van der Waals surface area contributed by atoms with Crippen LogP contribution in [-0.2, 0) is 0 Å². The molecule has 0 aliphatic heterocycles. The molecule has 156 valence electrons. The predicted molar refractivity (Wildman–Crippen MR) is 125 cm³/mol. The zero-order valence-corrected chi connectivity index (χ0v) is 18.6. The summed E-state index contributed by atoms with van der Waals surface area (Å²) in [6, 6.07) is 17.4. The summed E-state index contributed by atoms with van der Waals surface area (Å²) in [7, 11) is 3.38. The van der Waals surface area contributed by atoms with Crippen LogP contribution in [0.1, 0.15) is 31.3 Å². The minimum Gasteiger partial charge on any atom is -0.344 e. The molecule has 2 heterocycles. The minimum absolute atomic E-state index is 0.132. The Bertz CT molecular complexity index is 1300. The van der Waals surface area contributed by atoms with Gasteiger partial charge in [-0.1, -0.05) is 59.9 Å². The third kappa shape index (κ3) is 3.92. The normalized spacial score (nSPS) is 10.8. The van der Waals surface area contributed by atoms with Crippen molar-refractivity contribution in [2.75, 3.05) is 19.4 Å². The molecule has 0 bridgehead atoms. The number of nitrogens with zero attached hydrogens (tertiary/aromatic N) is 3. The molecule has 6 nitrogen and oxygen atoms in total. The van der Waals surface area contributed by atoms with Crippen LogP contribution in [0.15, 0.2) is 54.6 Å². The predicted octanol–water partition coefficient (Wildman–Crippen LogP) is 4.93. The first-order valence-corrected chi connectivity index (χ1v) is 10.6. The lowest BCUT2D eigenvalue weighted by Crippen LogP contribution is -2.21. The van der Waals surface area contributed by atoms with Crippen molar-refractivity contribution in [1.82, 2.24) is 14.9 Å². The summed E-state index contributed by atoms with van der Waals surface area (Å²) >= 11 is 1.18. The second kappa shape index (κ2) is 8.28. The van der Waals surface area contributed by atoms with Gasteiger partial charge in [-0.05, 0) is 25.5 Å². The molecule has 2 aromatic heterocycles. The molecule has 0 saturated carbocycles. The molecule has 7 heteroatoms. The second-order valence-electron chi connectivity index (χ2n) is 7.43. The van der Waals surface area contributed by atoms with Crippen molar-refractivity contribution in [3.63, 3.8) is 0 Å². The number of para-hydroxylation sites is 1. The van der Waals surface area contributed by atoms with E-state index in [-0.39, 0.29) is 11.8 Å². The number of carbonyl (C=O) groups is 2. The maximum atomic E-state index is 13.4. The number of aryl methyl sites for hydroxylation is 1. The van der Waals surface area contributed by atoms with Crippen LogP contribution >= 0.6 is 11.3 Å². The van der Waals surface area contributed by atoms with E-state index < -0.39 is 0 Å². The average molecular weight is 431 g/mol. The third-order valence-electron chi connectivity index (χ3n) is 5.03. The van der Waals surface area contributed by atoms with Crippen LogP contribution in [0, 0.1) is 13.8 Å². The van der Waals surface area contributed by atoms with Crippen molar-refractivity contribution < 1.29 is 9.59 Å². The van der Waals surface area contributed by atoms with Gasteiger partial charge < -0.3 is 4.90 Å². The fourth-order valence-electron chi connectivity index (χ4n) is 3.49. The second-order valence-corrected chi connectivity index (χ2v) is 8.43. The summed E-state index contributed by atoms with van der Waals surface area (Å²) < 4.78 is 0. The van der Waals surface area contributed by atoms with E-state index in [0.717, 1.165) is 27.7 Å². The summed E-state index contributed by atoms with van der Waals surface area (Å²) in [4.78, 5) is 36.9. The van der Waals surface area contributed by atoms with E-state index in [1.165, 1.54) is 16.2 Å². The van der Waals surface area contributed by atoms with Crippen molar-refractivity contribution in [2.24, 2.45) is 0 Å². The zero-order valence-electron chi connectivity index (χ0n) is 17.8. The number of pyridine rings is 1. The standard InChI is InChI=1S/C24H22N4O2S/c1-14-19(22(29)27-24-25-15(2)21(31-24)23(30)28(3)4)17-12-8-9-13-18(17)26-20(14)16-10-6-5-7-11-16/h5-13H,1-4H3,(H,25,27,29). The average Bonchev–Trinajstić information content (AvgIpc) is 3.12. The highest BCUT2D eigenvalue weighted by Gasteiger charge is 2.22. The van der Waals surface area contributed by atoms with Crippen molar-refractivity contribution >= 4 is 39.2 Å². The Morgan fingerprint density at radius 2 is 1.61 bits per heavy atom. The van der Waals surface area contributed by atoms with Crippen LogP contribution in [-0.4, -0.2) is 40.8 Å². The highest BCUT2D eigenvalue weighted by molar-refractivity contribution is 7.17.